The van der Waals surface area contributed by atoms with E-state index in [-0.39, 0.29) is 5.91 Å². The van der Waals surface area contributed by atoms with Crippen molar-refractivity contribution in [3.63, 3.8) is 0 Å². The van der Waals surface area contributed by atoms with Gasteiger partial charge in [-0.1, -0.05) is 6.07 Å². The van der Waals surface area contributed by atoms with E-state index in [4.69, 9.17) is 4.74 Å². The molecule has 2 aromatic heterocycles. The van der Waals surface area contributed by atoms with Crippen LogP contribution in [0.3, 0.4) is 0 Å². The number of amides is 1. The lowest BCUT2D eigenvalue weighted by atomic mass is 10.2. The molecule has 1 N–H and O–H groups in total. The molecule has 0 aromatic carbocycles. The number of hydrogen-bond donors (Lipinski definition) is 1. The number of pyridine rings is 2. The minimum absolute atomic E-state index is 0.182. The Morgan fingerprint density at radius 1 is 1.29 bits per heavy atom. The molecule has 2 aromatic rings. The van der Waals surface area contributed by atoms with Crippen LogP contribution in [0, 0.1) is 0 Å². The van der Waals surface area contributed by atoms with Gasteiger partial charge in [-0.25, -0.2) is 9.97 Å². The number of hydrogen-bond acceptors (Lipinski definition) is 5. The number of rotatable bonds is 5. The summed E-state index contributed by atoms with van der Waals surface area (Å²) >= 11 is 0. The van der Waals surface area contributed by atoms with Gasteiger partial charge in [-0.15, -0.1) is 0 Å². The van der Waals surface area contributed by atoms with E-state index in [2.05, 4.69) is 15.3 Å². The first-order valence-electron chi connectivity index (χ1n) is 6.51. The molecule has 0 saturated carbocycles. The van der Waals surface area contributed by atoms with Crippen LogP contribution in [0.4, 0.5) is 5.82 Å². The zero-order valence-electron chi connectivity index (χ0n) is 12.3. The van der Waals surface area contributed by atoms with Crippen LogP contribution in [-0.4, -0.2) is 37.1 Å². The second-order valence-electron chi connectivity index (χ2n) is 4.65. The number of carbonyl (C=O) groups is 1. The number of nitrogens with zero attached hydrogens (tertiary/aromatic N) is 3. The quantitative estimate of drug-likeness (QED) is 0.901. The molecule has 2 rings (SSSR count). The van der Waals surface area contributed by atoms with Gasteiger partial charge in [0.2, 0.25) is 5.88 Å². The highest BCUT2D eigenvalue weighted by molar-refractivity contribution is 5.94. The maximum absolute atomic E-state index is 12.1. The first kappa shape index (κ1) is 14.8. The number of ether oxygens (including phenoxy) is 1. The van der Waals surface area contributed by atoms with Crippen molar-refractivity contribution in [2.45, 2.75) is 6.54 Å². The van der Waals surface area contributed by atoms with E-state index < -0.39 is 0 Å². The summed E-state index contributed by atoms with van der Waals surface area (Å²) in [6.45, 7) is 0.352. The SMILES string of the molecule is COc1ncccc1CNC(=O)c1ccc(N(C)C)nc1. The Kier molecular flexibility index (Phi) is 4.71. The molecule has 0 saturated heterocycles. The zero-order valence-corrected chi connectivity index (χ0v) is 12.3. The highest BCUT2D eigenvalue weighted by Gasteiger charge is 2.09. The zero-order chi connectivity index (χ0) is 15.2. The number of anilines is 1. The molecule has 0 spiro atoms. The summed E-state index contributed by atoms with van der Waals surface area (Å²) < 4.78 is 5.15. The molecule has 0 bridgehead atoms. The first-order valence-corrected chi connectivity index (χ1v) is 6.51. The van der Waals surface area contributed by atoms with Crippen molar-refractivity contribution in [1.82, 2.24) is 15.3 Å². The average molecular weight is 286 g/mol. The Morgan fingerprint density at radius 2 is 2.10 bits per heavy atom. The fourth-order valence-electron chi connectivity index (χ4n) is 1.80. The molecule has 0 atom stereocenters. The van der Waals surface area contributed by atoms with E-state index >= 15 is 0 Å². The summed E-state index contributed by atoms with van der Waals surface area (Å²) in [6, 6.07) is 7.22. The van der Waals surface area contributed by atoms with Crippen molar-refractivity contribution < 1.29 is 9.53 Å². The maximum Gasteiger partial charge on any atom is 0.253 e. The van der Waals surface area contributed by atoms with Crippen LogP contribution in [0.2, 0.25) is 0 Å². The van der Waals surface area contributed by atoms with Gasteiger partial charge in [0, 0.05) is 38.6 Å². The molecule has 2 heterocycles. The van der Waals surface area contributed by atoms with E-state index in [1.54, 1.807) is 37.7 Å². The van der Waals surface area contributed by atoms with E-state index in [0.717, 1.165) is 11.4 Å². The molecule has 21 heavy (non-hydrogen) atoms. The van der Waals surface area contributed by atoms with Crippen LogP contribution in [0.1, 0.15) is 15.9 Å². The van der Waals surface area contributed by atoms with Gasteiger partial charge < -0.3 is 15.0 Å². The Balaban J connectivity index is 2.01. The Morgan fingerprint density at radius 3 is 2.71 bits per heavy atom. The second kappa shape index (κ2) is 6.69. The largest absolute Gasteiger partial charge is 0.481 e. The molecule has 6 heteroatoms. The van der Waals surface area contributed by atoms with Crippen molar-refractivity contribution in [2.75, 3.05) is 26.1 Å². The third-order valence-corrected chi connectivity index (χ3v) is 2.95. The average Bonchev–Trinajstić information content (AvgIpc) is 2.52. The van der Waals surface area contributed by atoms with Gasteiger partial charge in [-0.05, 0) is 18.2 Å². The lowest BCUT2D eigenvalue weighted by Gasteiger charge is -2.11. The predicted molar refractivity (Wildman–Crippen MR) is 80.5 cm³/mol. The molecule has 0 aliphatic rings. The van der Waals surface area contributed by atoms with Gasteiger partial charge in [-0.3, -0.25) is 4.79 Å². The van der Waals surface area contributed by atoms with Gasteiger partial charge in [0.05, 0.1) is 12.7 Å². The molecule has 0 radical (unpaired) electrons. The van der Waals surface area contributed by atoms with Gasteiger partial charge in [-0.2, -0.15) is 0 Å². The fourth-order valence-corrected chi connectivity index (χ4v) is 1.80. The molecule has 0 aliphatic carbocycles. The van der Waals surface area contributed by atoms with E-state index in [0.29, 0.717) is 18.0 Å². The summed E-state index contributed by atoms with van der Waals surface area (Å²) in [5.41, 5.74) is 1.34. The van der Waals surface area contributed by atoms with Gasteiger partial charge in [0.1, 0.15) is 5.82 Å². The van der Waals surface area contributed by atoms with E-state index in [9.17, 15) is 4.79 Å². The Bertz CT molecular complexity index is 611. The third kappa shape index (κ3) is 3.68. The molecule has 6 nitrogen and oxygen atoms in total. The predicted octanol–water partition coefficient (Wildman–Crippen LogP) is 1.48. The third-order valence-electron chi connectivity index (χ3n) is 2.95. The monoisotopic (exact) mass is 286 g/mol. The van der Waals surface area contributed by atoms with E-state index in [1.807, 2.05) is 25.1 Å². The normalized spacial score (nSPS) is 10.0. The van der Waals surface area contributed by atoms with Crippen LogP contribution >= 0.6 is 0 Å². The summed E-state index contributed by atoms with van der Waals surface area (Å²) in [4.78, 5) is 22.3. The smallest absolute Gasteiger partial charge is 0.253 e. The Hall–Kier alpha value is -2.63. The van der Waals surface area contributed by atoms with Crippen molar-refractivity contribution >= 4 is 11.7 Å². The van der Waals surface area contributed by atoms with Crippen LogP contribution < -0.4 is 15.0 Å². The highest BCUT2D eigenvalue weighted by atomic mass is 16.5. The molecule has 110 valence electrons. The topological polar surface area (TPSA) is 67.3 Å². The summed E-state index contributed by atoms with van der Waals surface area (Å²) in [5.74, 6) is 1.14. The molecular formula is C15H18N4O2. The van der Waals surface area contributed by atoms with Crippen molar-refractivity contribution in [1.29, 1.82) is 0 Å². The minimum atomic E-state index is -0.182. The molecule has 0 aliphatic heterocycles. The first-order chi connectivity index (χ1) is 10.1. The van der Waals surface area contributed by atoms with E-state index in [1.165, 1.54) is 0 Å². The standard InChI is InChI=1S/C15H18N4O2/c1-19(2)13-7-6-11(9-17-13)14(20)18-10-12-5-4-8-16-15(12)21-3/h4-9H,10H2,1-3H3,(H,18,20). The van der Waals surface area contributed by atoms with Gasteiger partial charge in [0.25, 0.3) is 5.91 Å². The number of nitrogens with one attached hydrogen (secondary N) is 1. The summed E-state index contributed by atoms with van der Waals surface area (Å²) in [6.07, 6.45) is 3.21. The van der Waals surface area contributed by atoms with Crippen molar-refractivity contribution in [3.8, 4) is 5.88 Å². The van der Waals surface area contributed by atoms with Crippen LogP contribution in [0.15, 0.2) is 36.7 Å². The number of methoxy groups -OCH3 is 1. The molecule has 0 fully saturated rings. The van der Waals surface area contributed by atoms with Crippen molar-refractivity contribution in [2.24, 2.45) is 0 Å². The summed E-state index contributed by atoms with van der Waals surface area (Å²) in [5, 5.41) is 2.83. The lowest BCUT2D eigenvalue weighted by Crippen LogP contribution is -2.23. The highest BCUT2D eigenvalue weighted by Crippen LogP contribution is 2.13. The number of carbonyl (C=O) groups excluding carboxylic acids is 1. The molecule has 0 unspecified atom stereocenters. The van der Waals surface area contributed by atoms with Gasteiger partial charge >= 0.3 is 0 Å². The molecular weight excluding hydrogens is 268 g/mol. The van der Waals surface area contributed by atoms with Crippen LogP contribution in [0.5, 0.6) is 5.88 Å². The van der Waals surface area contributed by atoms with Crippen LogP contribution in [-0.2, 0) is 6.54 Å². The summed E-state index contributed by atoms with van der Waals surface area (Å²) in [7, 11) is 5.35. The van der Waals surface area contributed by atoms with Gasteiger partial charge in [0.15, 0.2) is 0 Å². The lowest BCUT2D eigenvalue weighted by molar-refractivity contribution is 0.0950. The number of aromatic nitrogens is 2. The van der Waals surface area contributed by atoms with Crippen LogP contribution in [0.25, 0.3) is 0 Å². The molecule has 1 amide bonds. The minimum Gasteiger partial charge on any atom is -0.481 e. The van der Waals surface area contributed by atoms with Crippen molar-refractivity contribution in [3.05, 3.63) is 47.8 Å². The Labute approximate surface area is 123 Å². The second-order valence-corrected chi connectivity index (χ2v) is 4.65. The fraction of sp³-hybridized carbons (Fsp3) is 0.267. The maximum atomic E-state index is 12.1.